The molecule has 0 radical (unpaired) electrons. The van der Waals surface area contributed by atoms with Gasteiger partial charge in [-0.2, -0.15) is 0 Å². The van der Waals surface area contributed by atoms with Crippen molar-refractivity contribution < 1.29 is 5.11 Å². The Kier molecular flexibility index (Phi) is 2.34. The molecule has 70 valence electrons. The lowest BCUT2D eigenvalue weighted by Crippen LogP contribution is -2.42. The van der Waals surface area contributed by atoms with Crippen molar-refractivity contribution in [2.75, 3.05) is 20.1 Å². The quantitative estimate of drug-likeness (QED) is 0.734. The van der Waals surface area contributed by atoms with Crippen LogP contribution in [0.1, 0.15) is 17.0 Å². The second-order valence-electron chi connectivity index (χ2n) is 3.78. The first-order chi connectivity index (χ1) is 6.31. The van der Waals surface area contributed by atoms with Crippen molar-refractivity contribution >= 4 is 0 Å². The van der Waals surface area contributed by atoms with Gasteiger partial charge in [-0.3, -0.25) is 0 Å². The normalized spacial score (nSPS) is 18.6. The highest BCUT2D eigenvalue weighted by Gasteiger charge is 2.25. The first kappa shape index (κ1) is 8.73. The van der Waals surface area contributed by atoms with Crippen molar-refractivity contribution in [3.63, 3.8) is 0 Å². The maximum atomic E-state index is 9.14. The molecule has 0 spiro atoms. The van der Waals surface area contributed by atoms with Gasteiger partial charge in [-0.1, -0.05) is 24.3 Å². The number of aliphatic hydroxyl groups is 1. The number of likely N-dealkylation sites (tertiary alicyclic amines) is 1. The monoisotopic (exact) mass is 177 g/mol. The van der Waals surface area contributed by atoms with Gasteiger partial charge in [0.05, 0.1) is 6.61 Å². The third kappa shape index (κ3) is 1.60. The Morgan fingerprint density at radius 2 is 2.08 bits per heavy atom. The molecule has 0 unspecified atom stereocenters. The van der Waals surface area contributed by atoms with Crippen molar-refractivity contribution in [3.05, 3.63) is 35.4 Å². The lowest BCUT2D eigenvalue weighted by atomic mass is 9.89. The SMILES string of the molecule is CN1CC(c2ccccc2CO)C1. The van der Waals surface area contributed by atoms with Gasteiger partial charge in [-0.15, -0.1) is 0 Å². The molecule has 2 heteroatoms. The number of benzene rings is 1. The summed E-state index contributed by atoms with van der Waals surface area (Å²) in [5, 5.41) is 9.14. The summed E-state index contributed by atoms with van der Waals surface area (Å²) in [5.74, 6) is 0.633. The molecule has 0 aliphatic carbocycles. The molecule has 1 N–H and O–H groups in total. The minimum atomic E-state index is 0.163. The summed E-state index contributed by atoms with van der Waals surface area (Å²) in [7, 11) is 2.12. The fourth-order valence-corrected chi connectivity index (χ4v) is 1.97. The summed E-state index contributed by atoms with van der Waals surface area (Å²) in [6.07, 6.45) is 0. The average molecular weight is 177 g/mol. The molecule has 2 nitrogen and oxygen atoms in total. The van der Waals surface area contributed by atoms with Gasteiger partial charge in [-0.05, 0) is 18.2 Å². The van der Waals surface area contributed by atoms with E-state index in [2.05, 4.69) is 18.0 Å². The molecule has 0 amide bonds. The topological polar surface area (TPSA) is 23.5 Å². The van der Waals surface area contributed by atoms with Crippen LogP contribution in [-0.2, 0) is 6.61 Å². The zero-order valence-electron chi connectivity index (χ0n) is 7.90. The zero-order valence-corrected chi connectivity index (χ0v) is 7.90. The largest absolute Gasteiger partial charge is 0.392 e. The minimum Gasteiger partial charge on any atom is -0.392 e. The number of hydrogen-bond donors (Lipinski definition) is 1. The van der Waals surface area contributed by atoms with Gasteiger partial charge in [0.25, 0.3) is 0 Å². The summed E-state index contributed by atoms with van der Waals surface area (Å²) < 4.78 is 0. The Morgan fingerprint density at radius 3 is 2.69 bits per heavy atom. The van der Waals surface area contributed by atoms with Crippen LogP contribution in [-0.4, -0.2) is 30.1 Å². The molecule has 1 aromatic rings. The Hall–Kier alpha value is -0.860. The van der Waals surface area contributed by atoms with E-state index < -0.39 is 0 Å². The van der Waals surface area contributed by atoms with Crippen LogP contribution in [0.2, 0.25) is 0 Å². The summed E-state index contributed by atoms with van der Waals surface area (Å²) in [6, 6.07) is 8.17. The van der Waals surface area contributed by atoms with E-state index in [1.807, 2.05) is 18.2 Å². The second-order valence-corrected chi connectivity index (χ2v) is 3.78. The number of aliphatic hydroxyl groups excluding tert-OH is 1. The van der Waals surface area contributed by atoms with Crippen molar-refractivity contribution in [2.24, 2.45) is 0 Å². The number of likely N-dealkylation sites (N-methyl/N-ethyl adjacent to an activating group) is 1. The number of rotatable bonds is 2. The number of hydrogen-bond acceptors (Lipinski definition) is 2. The highest BCUT2D eigenvalue weighted by molar-refractivity contribution is 5.31. The van der Waals surface area contributed by atoms with Crippen LogP contribution >= 0.6 is 0 Å². The third-order valence-electron chi connectivity index (χ3n) is 2.73. The molecule has 0 aromatic heterocycles. The molecule has 1 fully saturated rings. The van der Waals surface area contributed by atoms with E-state index in [-0.39, 0.29) is 6.61 Å². The van der Waals surface area contributed by atoms with Crippen LogP contribution in [0.25, 0.3) is 0 Å². The molecule has 0 bridgehead atoms. The molecule has 1 saturated heterocycles. The number of nitrogens with zero attached hydrogens (tertiary/aromatic N) is 1. The molecule has 0 atom stereocenters. The molecule has 0 saturated carbocycles. The molecule has 1 aliphatic heterocycles. The molecular weight excluding hydrogens is 162 g/mol. The molecule has 2 rings (SSSR count). The Balaban J connectivity index is 2.19. The maximum absolute atomic E-state index is 9.14. The molecule has 1 heterocycles. The predicted molar refractivity (Wildman–Crippen MR) is 52.6 cm³/mol. The zero-order chi connectivity index (χ0) is 9.26. The Morgan fingerprint density at radius 1 is 1.38 bits per heavy atom. The fraction of sp³-hybridized carbons (Fsp3) is 0.455. The van der Waals surface area contributed by atoms with Crippen molar-refractivity contribution in [1.29, 1.82) is 0 Å². The van der Waals surface area contributed by atoms with Crippen molar-refractivity contribution in [3.8, 4) is 0 Å². The summed E-state index contributed by atoms with van der Waals surface area (Å²) >= 11 is 0. The molecular formula is C11H15NO. The van der Waals surface area contributed by atoms with Gasteiger partial charge >= 0.3 is 0 Å². The summed E-state index contributed by atoms with van der Waals surface area (Å²) in [5.41, 5.74) is 2.41. The average Bonchev–Trinajstić information content (AvgIpc) is 2.13. The first-order valence-corrected chi connectivity index (χ1v) is 4.68. The van der Waals surface area contributed by atoms with E-state index in [1.54, 1.807) is 0 Å². The first-order valence-electron chi connectivity index (χ1n) is 4.68. The van der Waals surface area contributed by atoms with E-state index in [9.17, 15) is 0 Å². The van der Waals surface area contributed by atoms with Crippen LogP contribution in [0.5, 0.6) is 0 Å². The van der Waals surface area contributed by atoms with Gasteiger partial charge in [0.1, 0.15) is 0 Å². The maximum Gasteiger partial charge on any atom is 0.0684 e. The Bertz CT molecular complexity index is 292. The van der Waals surface area contributed by atoms with E-state index in [0.717, 1.165) is 18.7 Å². The second kappa shape index (κ2) is 3.48. The van der Waals surface area contributed by atoms with Gasteiger partial charge < -0.3 is 10.0 Å². The predicted octanol–water partition coefficient (Wildman–Crippen LogP) is 1.21. The van der Waals surface area contributed by atoms with Gasteiger partial charge in [0, 0.05) is 19.0 Å². The van der Waals surface area contributed by atoms with Crippen LogP contribution in [0, 0.1) is 0 Å². The van der Waals surface area contributed by atoms with E-state index in [4.69, 9.17) is 5.11 Å². The van der Waals surface area contributed by atoms with Crippen molar-refractivity contribution in [1.82, 2.24) is 4.90 Å². The van der Waals surface area contributed by atoms with Crippen LogP contribution < -0.4 is 0 Å². The fourth-order valence-electron chi connectivity index (χ4n) is 1.97. The third-order valence-corrected chi connectivity index (χ3v) is 2.73. The lowest BCUT2D eigenvalue weighted by molar-refractivity contribution is 0.186. The van der Waals surface area contributed by atoms with E-state index >= 15 is 0 Å². The summed E-state index contributed by atoms with van der Waals surface area (Å²) in [4.78, 5) is 2.29. The molecule has 1 aliphatic rings. The highest BCUT2D eigenvalue weighted by atomic mass is 16.3. The van der Waals surface area contributed by atoms with Crippen LogP contribution in [0.4, 0.5) is 0 Å². The Labute approximate surface area is 78.8 Å². The van der Waals surface area contributed by atoms with E-state index in [0.29, 0.717) is 5.92 Å². The highest BCUT2D eigenvalue weighted by Crippen LogP contribution is 2.27. The summed E-state index contributed by atoms with van der Waals surface area (Å²) in [6.45, 7) is 2.41. The van der Waals surface area contributed by atoms with Crippen LogP contribution in [0.15, 0.2) is 24.3 Å². The standard InChI is InChI=1S/C11H15NO/c1-12-6-10(7-12)11-5-3-2-4-9(11)8-13/h2-5,10,13H,6-8H2,1H3. The van der Waals surface area contributed by atoms with Gasteiger partial charge in [-0.25, -0.2) is 0 Å². The van der Waals surface area contributed by atoms with Gasteiger partial charge in [0.2, 0.25) is 0 Å². The molecule has 13 heavy (non-hydrogen) atoms. The van der Waals surface area contributed by atoms with Crippen molar-refractivity contribution in [2.45, 2.75) is 12.5 Å². The van der Waals surface area contributed by atoms with Gasteiger partial charge in [0.15, 0.2) is 0 Å². The van der Waals surface area contributed by atoms with Crippen LogP contribution in [0.3, 0.4) is 0 Å². The molecule has 1 aromatic carbocycles. The van der Waals surface area contributed by atoms with E-state index in [1.165, 1.54) is 5.56 Å². The minimum absolute atomic E-state index is 0.163. The lowest BCUT2D eigenvalue weighted by Gasteiger charge is -2.37. The smallest absolute Gasteiger partial charge is 0.0684 e.